The quantitative estimate of drug-likeness (QED) is 0.906. The van der Waals surface area contributed by atoms with Crippen LogP contribution in [0.25, 0.3) is 0 Å². The Balaban J connectivity index is 1.86. The Kier molecular flexibility index (Phi) is 3.99. The molecule has 3 rings (SSSR count). The van der Waals surface area contributed by atoms with Gasteiger partial charge >= 0.3 is 0 Å². The molecule has 0 radical (unpaired) electrons. The third kappa shape index (κ3) is 2.75. The third-order valence-electron chi connectivity index (χ3n) is 4.09. The molecular formula is C15H20BrNO2. The molecule has 1 fully saturated rings. The van der Waals surface area contributed by atoms with Gasteiger partial charge in [0.15, 0.2) is 11.5 Å². The van der Waals surface area contributed by atoms with Crippen molar-refractivity contribution in [2.45, 2.75) is 26.2 Å². The number of benzene rings is 1. The third-order valence-corrected chi connectivity index (χ3v) is 5.05. The molecule has 0 aromatic heterocycles. The van der Waals surface area contributed by atoms with Crippen molar-refractivity contribution < 1.29 is 9.47 Å². The van der Waals surface area contributed by atoms with Crippen LogP contribution in [0, 0.1) is 12.8 Å². The van der Waals surface area contributed by atoms with E-state index in [0.717, 1.165) is 41.4 Å². The smallest absolute Gasteiger partial charge is 0.175 e. The van der Waals surface area contributed by atoms with E-state index >= 15 is 0 Å². The Bertz CT molecular complexity index is 470. The van der Waals surface area contributed by atoms with Gasteiger partial charge in [-0.3, -0.25) is 0 Å². The molecule has 2 aliphatic rings. The minimum absolute atomic E-state index is 0.638. The fourth-order valence-corrected chi connectivity index (χ4v) is 3.46. The van der Waals surface area contributed by atoms with Gasteiger partial charge in [0.1, 0.15) is 13.2 Å². The second-order valence-corrected chi connectivity index (χ2v) is 6.19. The Morgan fingerprint density at radius 2 is 2.00 bits per heavy atom. The lowest BCUT2D eigenvalue weighted by atomic mass is 9.89. The van der Waals surface area contributed by atoms with Crippen molar-refractivity contribution in [2.75, 3.05) is 26.3 Å². The van der Waals surface area contributed by atoms with Crippen LogP contribution in [-0.2, 0) is 6.42 Å². The van der Waals surface area contributed by atoms with Crippen molar-refractivity contribution in [3.8, 4) is 11.5 Å². The van der Waals surface area contributed by atoms with E-state index in [4.69, 9.17) is 9.47 Å². The summed E-state index contributed by atoms with van der Waals surface area (Å²) in [5, 5.41) is 3.42. The number of piperidine rings is 1. The summed E-state index contributed by atoms with van der Waals surface area (Å²) in [5.41, 5.74) is 2.69. The summed E-state index contributed by atoms with van der Waals surface area (Å²) in [7, 11) is 0. The largest absolute Gasteiger partial charge is 0.486 e. The fourth-order valence-electron chi connectivity index (χ4n) is 2.90. The maximum absolute atomic E-state index is 5.72. The predicted octanol–water partition coefficient (Wildman–Crippen LogP) is 3.07. The van der Waals surface area contributed by atoms with Gasteiger partial charge in [-0.2, -0.15) is 0 Å². The average molecular weight is 326 g/mol. The van der Waals surface area contributed by atoms with Gasteiger partial charge < -0.3 is 14.8 Å². The highest BCUT2D eigenvalue weighted by Gasteiger charge is 2.21. The first-order chi connectivity index (χ1) is 9.25. The van der Waals surface area contributed by atoms with Gasteiger partial charge in [-0.05, 0) is 78.3 Å². The average Bonchev–Trinajstić information content (AvgIpc) is 2.46. The van der Waals surface area contributed by atoms with E-state index in [1.54, 1.807) is 0 Å². The number of nitrogens with one attached hydrogen (secondary N) is 1. The number of hydrogen-bond donors (Lipinski definition) is 1. The van der Waals surface area contributed by atoms with Crippen LogP contribution in [0.15, 0.2) is 10.5 Å². The highest BCUT2D eigenvalue weighted by molar-refractivity contribution is 9.10. The lowest BCUT2D eigenvalue weighted by molar-refractivity contribution is 0.170. The van der Waals surface area contributed by atoms with Crippen LogP contribution < -0.4 is 14.8 Å². The maximum Gasteiger partial charge on any atom is 0.175 e. The molecule has 0 saturated carbocycles. The molecule has 1 aromatic carbocycles. The van der Waals surface area contributed by atoms with Gasteiger partial charge in [0.2, 0.25) is 0 Å². The van der Waals surface area contributed by atoms with Crippen LogP contribution in [-0.4, -0.2) is 26.3 Å². The van der Waals surface area contributed by atoms with Crippen LogP contribution in [0.3, 0.4) is 0 Å². The van der Waals surface area contributed by atoms with E-state index in [-0.39, 0.29) is 0 Å². The van der Waals surface area contributed by atoms with E-state index in [9.17, 15) is 0 Å². The topological polar surface area (TPSA) is 30.5 Å². The van der Waals surface area contributed by atoms with Crippen LogP contribution >= 0.6 is 15.9 Å². The van der Waals surface area contributed by atoms with Gasteiger partial charge in [-0.1, -0.05) is 0 Å². The standard InChI is InChI=1S/C15H20BrNO2/c1-10-12(8-11-2-4-17-5-3-11)9-13-15(14(10)16)19-7-6-18-13/h9,11,17H,2-8H2,1H3. The number of ether oxygens (including phenoxy) is 2. The molecule has 2 aliphatic heterocycles. The van der Waals surface area contributed by atoms with E-state index in [2.05, 4.69) is 34.2 Å². The molecule has 0 aliphatic carbocycles. The molecule has 1 saturated heterocycles. The molecule has 19 heavy (non-hydrogen) atoms. The normalized spacial score (nSPS) is 19.5. The second kappa shape index (κ2) is 5.71. The Morgan fingerprint density at radius 3 is 2.79 bits per heavy atom. The summed E-state index contributed by atoms with van der Waals surface area (Å²) in [6.07, 6.45) is 3.68. The molecule has 104 valence electrons. The lowest BCUT2D eigenvalue weighted by Gasteiger charge is -2.26. The first-order valence-corrected chi connectivity index (χ1v) is 7.83. The van der Waals surface area contributed by atoms with Gasteiger partial charge in [-0.15, -0.1) is 0 Å². The fraction of sp³-hybridized carbons (Fsp3) is 0.600. The van der Waals surface area contributed by atoms with Crippen molar-refractivity contribution >= 4 is 15.9 Å². The summed E-state index contributed by atoms with van der Waals surface area (Å²) < 4.78 is 12.5. The molecule has 1 aromatic rings. The molecule has 4 heteroatoms. The van der Waals surface area contributed by atoms with Gasteiger partial charge in [0, 0.05) is 0 Å². The molecular weight excluding hydrogens is 306 g/mol. The van der Waals surface area contributed by atoms with E-state index in [1.165, 1.54) is 24.0 Å². The SMILES string of the molecule is Cc1c(CC2CCNCC2)cc2c(c1Br)OCCO2. The summed E-state index contributed by atoms with van der Waals surface area (Å²) >= 11 is 3.66. The van der Waals surface area contributed by atoms with Crippen molar-refractivity contribution in [1.29, 1.82) is 0 Å². The van der Waals surface area contributed by atoms with Crippen molar-refractivity contribution in [3.63, 3.8) is 0 Å². The first-order valence-electron chi connectivity index (χ1n) is 7.04. The van der Waals surface area contributed by atoms with Gasteiger partial charge in [0.25, 0.3) is 0 Å². The van der Waals surface area contributed by atoms with Gasteiger partial charge in [-0.25, -0.2) is 0 Å². The minimum atomic E-state index is 0.638. The van der Waals surface area contributed by atoms with Crippen molar-refractivity contribution in [2.24, 2.45) is 5.92 Å². The molecule has 0 amide bonds. The summed E-state index contributed by atoms with van der Waals surface area (Å²) in [6.45, 7) is 5.75. The molecule has 0 spiro atoms. The number of rotatable bonds is 2. The maximum atomic E-state index is 5.72. The zero-order chi connectivity index (χ0) is 13.2. The van der Waals surface area contributed by atoms with Crippen molar-refractivity contribution in [3.05, 3.63) is 21.7 Å². The monoisotopic (exact) mass is 325 g/mol. The Morgan fingerprint density at radius 1 is 1.26 bits per heavy atom. The van der Waals surface area contributed by atoms with Crippen LogP contribution in [0.1, 0.15) is 24.0 Å². The summed E-state index contributed by atoms with van der Waals surface area (Å²) in [4.78, 5) is 0. The molecule has 0 bridgehead atoms. The number of halogens is 1. The van der Waals surface area contributed by atoms with Crippen molar-refractivity contribution in [1.82, 2.24) is 5.32 Å². The molecule has 1 N–H and O–H groups in total. The predicted molar refractivity (Wildman–Crippen MR) is 79.2 cm³/mol. The summed E-state index contributed by atoms with van der Waals surface area (Å²) in [5.74, 6) is 2.56. The van der Waals surface area contributed by atoms with E-state index in [0.29, 0.717) is 13.2 Å². The lowest BCUT2D eigenvalue weighted by Crippen LogP contribution is -2.28. The van der Waals surface area contributed by atoms with E-state index < -0.39 is 0 Å². The molecule has 2 heterocycles. The highest BCUT2D eigenvalue weighted by atomic mass is 79.9. The first kappa shape index (κ1) is 13.3. The van der Waals surface area contributed by atoms with Crippen LogP contribution in [0.2, 0.25) is 0 Å². The Hall–Kier alpha value is -0.740. The number of fused-ring (bicyclic) bond motifs is 1. The molecule has 3 nitrogen and oxygen atoms in total. The van der Waals surface area contributed by atoms with E-state index in [1.807, 2.05) is 0 Å². The number of hydrogen-bond acceptors (Lipinski definition) is 3. The highest BCUT2D eigenvalue weighted by Crippen LogP contribution is 2.42. The van der Waals surface area contributed by atoms with Crippen LogP contribution in [0.5, 0.6) is 11.5 Å². The Labute approximate surface area is 122 Å². The zero-order valence-electron chi connectivity index (χ0n) is 11.3. The second-order valence-electron chi connectivity index (χ2n) is 5.40. The van der Waals surface area contributed by atoms with Gasteiger partial charge in [0.05, 0.1) is 4.47 Å². The molecule has 0 unspecified atom stereocenters. The minimum Gasteiger partial charge on any atom is -0.486 e. The molecule has 0 atom stereocenters. The zero-order valence-corrected chi connectivity index (χ0v) is 12.9. The van der Waals surface area contributed by atoms with Crippen LogP contribution in [0.4, 0.5) is 0 Å². The summed E-state index contributed by atoms with van der Waals surface area (Å²) in [6, 6.07) is 2.18.